The minimum atomic E-state index is -0.669. The normalized spacial score (nSPS) is 12.9. The van der Waals surface area contributed by atoms with E-state index in [-0.39, 0.29) is 17.8 Å². The van der Waals surface area contributed by atoms with Gasteiger partial charge in [0.2, 0.25) is 0 Å². The summed E-state index contributed by atoms with van der Waals surface area (Å²) in [4.78, 5) is 13.2. The number of aryl methyl sites for hydroxylation is 1. The fourth-order valence-electron chi connectivity index (χ4n) is 2.95. The van der Waals surface area contributed by atoms with Crippen LogP contribution in [0.25, 0.3) is 11.3 Å². The van der Waals surface area contributed by atoms with Crippen molar-refractivity contribution in [2.24, 2.45) is 4.99 Å². The summed E-state index contributed by atoms with van der Waals surface area (Å²) < 4.78 is 28.7. The van der Waals surface area contributed by atoms with Gasteiger partial charge in [0.1, 0.15) is 17.5 Å². The maximum absolute atomic E-state index is 14.4. The van der Waals surface area contributed by atoms with Crippen molar-refractivity contribution in [1.82, 2.24) is 9.97 Å². The Hall–Kier alpha value is -2.66. The Balaban J connectivity index is 2.04. The molecule has 0 spiro atoms. The number of halogens is 3. The lowest BCUT2D eigenvalue weighted by molar-refractivity contribution is 0.579. The fourth-order valence-corrected chi connectivity index (χ4v) is 3.12. The minimum Gasteiger partial charge on any atom is -0.279 e. The van der Waals surface area contributed by atoms with Crippen LogP contribution in [-0.4, -0.2) is 15.7 Å². The van der Waals surface area contributed by atoms with E-state index in [2.05, 4.69) is 15.0 Å². The SMILES string of the molecule is Cc1ncc2c(n1)-c1ccc(Cl)cc1C(c1c(F)cccc1F)=NC2. The number of aromatic nitrogens is 2. The molecule has 1 aliphatic heterocycles. The summed E-state index contributed by atoms with van der Waals surface area (Å²) in [6, 6.07) is 8.94. The Labute approximate surface area is 148 Å². The summed E-state index contributed by atoms with van der Waals surface area (Å²) in [5.41, 5.74) is 2.83. The summed E-state index contributed by atoms with van der Waals surface area (Å²) >= 11 is 6.15. The van der Waals surface area contributed by atoms with Crippen LogP contribution in [0.5, 0.6) is 0 Å². The highest BCUT2D eigenvalue weighted by Gasteiger charge is 2.24. The molecule has 4 rings (SSSR count). The zero-order valence-electron chi connectivity index (χ0n) is 13.2. The highest BCUT2D eigenvalue weighted by molar-refractivity contribution is 6.31. The number of benzene rings is 2. The predicted octanol–water partition coefficient (Wildman–Crippen LogP) is 4.73. The van der Waals surface area contributed by atoms with Gasteiger partial charge in [0, 0.05) is 27.9 Å². The fraction of sp³-hybridized carbons (Fsp3) is 0.105. The second-order valence-corrected chi connectivity index (χ2v) is 6.18. The summed E-state index contributed by atoms with van der Waals surface area (Å²) in [6.07, 6.45) is 1.69. The third-order valence-electron chi connectivity index (χ3n) is 4.08. The van der Waals surface area contributed by atoms with Crippen LogP contribution in [0.2, 0.25) is 5.02 Å². The van der Waals surface area contributed by atoms with Crippen molar-refractivity contribution in [3.8, 4) is 11.3 Å². The highest BCUT2D eigenvalue weighted by Crippen LogP contribution is 2.33. The van der Waals surface area contributed by atoms with Gasteiger partial charge < -0.3 is 0 Å². The smallest absolute Gasteiger partial charge is 0.135 e. The van der Waals surface area contributed by atoms with Crippen LogP contribution in [0.1, 0.15) is 22.5 Å². The summed E-state index contributed by atoms with van der Waals surface area (Å²) in [7, 11) is 0. The first-order chi connectivity index (χ1) is 12.0. The lowest BCUT2D eigenvalue weighted by Crippen LogP contribution is -2.10. The van der Waals surface area contributed by atoms with Gasteiger partial charge in [-0.3, -0.25) is 4.99 Å². The first-order valence-electron chi connectivity index (χ1n) is 7.66. The second kappa shape index (κ2) is 6.01. The Morgan fingerprint density at radius 2 is 1.80 bits per heavy atom. The van der Waals surface area contributed by atoms with Gasteiger partial charge in [-0.15, -0.1) is 0 Å². The Kier molecular flexibility index (Phi) is 3.81. The largest absolute Gasteiger partial charge is 0.279 e. The summed E-state index contributed by atoms with van der Waals surface area (Å²) in [5.74, 6) is -0.726. The highest BCUT2D eigenvalue weighted by atomic mass is 35.5. The third kappa shape index (κ3) is 2.70. The quantitative estimate of drug-likeness (QED) is 0.632. The number of rotatable bonds is 1. The van der Waals surface area contributed by atoms with Gasteiger partial charge in [0.25, 0.3) is 0 Å². The molecule has 2 heterocycles. The summed E-state index contributed by atoms with van der Waals surface area (Å²) in [6.45, 7) is 2.02. The van der Waals surface area contributed by atoms with E-state index < -0.39 is 11.6 Å². The molecular formula is C19H12ClF2N3. The van der Waals surface area contributed by atoms with Gasteiger partial charge in [-0.05, 0) is 31.2 Å². The van der Waals surface area contributed by atoms with Crippen molar-refractivity contribution in [3.05, 3.63) is 81.8 Å². The number of hydrogen-bond acceptors (Lipinski definition) is 3. The van der Waals surface area contributed by atoms with Gasteiger partial charge in [0.15, 0.2) is 0 Å². The predicted molar refractivity (Wildman–Crippen MR) is 92.9 cm³/mol. The number of hydrogen-bond donors (Lipinski definition) is 0. The van der Waals surface area contributed by atoms with Crippen LogP contribution in [-0.2, 0) is 6.54 Å². The topological polar surface area (TPSA) is 38.1 Å². The molecule has 1 aliphatic rings. The molecule has 3 nitrogen and oxygen atoms in total. The number of aliphatic imine (C=N–C) groups is 1. The van der Waals surface area contributed by atoms with E-state index in [1.54, 1.807) is 31.3 Å². The van der Waals surface area contributed by atoms with Crippen LogP contribution in [0.4, 0.5) is 8.78 Å². The maximum Gasteiger partial charge on any atom is 0.135 e. The van der Waals surface area contributed by atoms with Crippen molar-refractivity contribution in [2.75, 3.05) is 0 Å². The molecule has 6 heteroatoms. The van der Waals surface area contributed by atoms with E-state index in [1.165, 1.54) is 18.2 Å². The van der Waals surface area contributed by atoms with Crippen molar-refractivity contribution in [1.29, 1.82) is 0 Å². The molecule has 0 saturated carbocycles. The molecule has 0 unspecified atom stereocenters. The van der Waals surface area contributed by atoms with Crippen LogP contribution in [0.3, 0.4) is 0 Å². The Morgan fingerprint density at radius 1 is 1.04 bits per heavy atom. The molecule has 0 saturated heterocycles. The molecular weight excluding hydrogens is 344 g/mol. The van der Waals surface area contributed by atoms with E-state index >= 15 is 0 Å². The maximum atomic E-state index is 14.4. The standard InChI is InChI=1S/C19H12ClF2N3/c1-10-23-8-11-9-24-19(17-15(21)3-2-4-16(17)22)14-7-12(20)5-6-13(14)18(11)25-10/h2-8H,9H2,1H3. The lowest BCUT2D eigenvalue weighted by atomic mass is 9.95. The number of nitrogens with zero attached hydrogens (tertiary/aromatic N) is 3. The molecule has 0 amide bonds. The van der Waals surface area contributed by atoms with E-state index in [4.69, 9.17) is 11.6 Å². The molecule has 124 valence electrons. The number of fused-ring (bicyclic) bond motifs is 3. The molecule has 0 radical (unpaired) electrons. The minimum absolute atomic E-state index is 0.163. The lowest BCUT2D eigenvalue weighted by Gasteiger charge is -2.12. The van der Waals surface area contributed by atoms with Crippen LogP contribution in [0.15, 0.2) is 47.6 Å². The van der Waals surface area contributed by atoms with E-state index in [1.807, 2.05) is 0 Å². The van der Waals surface area contributed by atoms with Crippen molar-refractivity contribution in [3.63, 3.8) is 0 Å². The average molecular weight is 356 g/mol. The van der Waals surface area contributed by atoms with E-state index in [9.17, 15) is 8.78 Å². The third-order valence-corrected chi connectivity index (χ3v) is 4.32. The molecule has 0 aliphatic carbocycles. The molecule has 0 fully saturated rings. The van der Waals surface area contributed by atoms with Crippen molar-refractivity contribution < 1.29 is 8.78 Å². The molecule has 25 heavy (non-hydrogen) atoms. The van der Waals surface area contributed by atoms with Crippen molar-refractivity contribution >= 4 is 17.3 Å². The zero-order valence-corrected chi connectivity index (χ0v) is 14.0. The first kappa shape index (κ1) is 15.8. The van der Waals surface area contributed by atoms with E-state index in [0.717, 1.165) is 11.1 Å². The van der Waals surface area contributed by atoms with Gasteiger partial charge >= 0.3 is 0 Å². The molecule has 0 bridgehead atoms. The van der Waals surface area contributed by atoms with Crippen LogP contribution < -0.4 is 0 Å². The zero-order chi connectivity index (χ0) is 17.6. The Bertz CT molecular complexity index is 1010. The first-order valence-corrected chi connectivity index (χ1v) is 8.04. The van der Waals surface area contributed by atoms with Gasteiger partial charge in [-0.2, -0.15) is 0 Å². The average Bonchev–Trinajstić information content (AvgIpc) is 2.72. The summed E-state index contributed by atoms with van der Waals surface area (Å²) in [5, 5.41) is 0.456. The molecule has 3 aromatic rings. The second-order valence-electron chi connectivity index (χ2n) is 5.74. The molecule has 0 N–H and O–H groups in total. The van der Waals surface area contributed by atoms with Crippen LogP contribution in [0, 0.1) is 18.6 Å². The van der Waals surface area contributed by atoms with Crippen LogP contribution >= 0.6 is 11.6 Å². The molecule has 1 aromatic heterocycles. The van der Waals surface area contributed by atoms with Gasteiger partial charge in [-0.1, -0.05) is 23.7 Å². The van der Waals surface area contributed by atoms with Crippen molar-refractivity contribution in [2.45, 2.75) is 13.5 Å². The van der Waals surface area contributed by atoms with E-state index in [0.29, 0.717) is 22.1 Å². The Morgan fingerprint density at radius 3 is 2.56 bits per heavy atom. The molecule has 0 atom stereocenters. The molecule has 2 aromatic carbocycles. The van der Waals surface area contributed by atoms with Gasteiger partial charge in [0.05, 0.1) is 23.5 Å². The van der Waals surface area contributed by atoms with Gasteiger partial charge in [-0.25, -0.2) is 18.7 Å². The monoisotopic (exact) mass is 355 g/mol.